The number of likely N-dealkylation sites (N-methyl/N-ethyl adjacent to an activating group) is 1. The Morgan fingerprint density at radius 3 is 2.52 bits per heavy atom. The van der Waals surface area contributed by atoms with Crippen LogP contribution in [-0.2, 0) is 14.9 Å². The standard InChI is InChI=1S/C20H31F2N3O3S/c1-4-12-24(2)13-5-14-28-18-9-7-17(8-10-18)25(3)29(26,27)23-16-6-11-19(21)20(22)15-16/h4,6,11,15,17-18,23H,1,5,7-10,12-14H2,2-3H3. The minimum Gasteiger partial charge on any atom is -0.378 e. The molecule has 1 aliphatic carbocycles. The van der Waals surface area contributed by atoms with E-state index in [4.69, 9.17) is 4.74 Å². The van der Waals surface area contributed by atoms with Gasteiger partial charge >= 0.3 is 10.2 Å². The molecule has 9 heteroatoms. The highest BCUT2D eigenvalue weighted by molar-refractivity contribution is 7.90. The normalized spacial score (nSPS) is 20.2. The lowest BCUT2D eigenvalue weighted by molar-refractivity contribution is 0.0143. The van der Waals surface area contributed by atoms with E-state index < -0.39 is 21.8 Å². The average Bonchev–Trinajstić information content (AvgIpc) is 2.68. The lowest BCUT2D eigenvalue weighted by Crippen LogP contribution is -2.43. The van der Waals surface area contributed by atoms with Gasteiger partial charge in [0.25, 0.3) is 0 Å². The molecule has 0 bridgehead atoms. The van der Waals surface area contributed by atoms with E-state index in [2.05, 4.69) is 16.2 Å². The van der Waals surface area contributed by atoms with E-state index in [9.17, 15) is 17.2 Å². The zero-order valence-electron chi connectivity index (χ0n) is 17.1. The van der Waals surface area contributed by atoms with Crippen LogP contribution < -0.4 is 4.72 Å². The number of hydrogen-bond donors (Lipinski definition) is 1. The first-order valence-electron chi connectivity index (χ1n) is 9.84. The van der Waals surface area contributed by atoms with Gasteiger partial charge in [-0.05, 0) is 51.3 Å². The number of halogens is 2. The van der Waals surface area contributed by atoms with Gasteiger partial charge in [-0.2, -0.15) is 12.7 Å². The maximum Gasteiger partial charge on any atom is 0.301 e. The van der Waals surface area contributed by atoms with Crippen molar-refractivity contribution in [3.05, 3.63) is 42.5 Å². The summed E-state index contributed by atoms with van der Waals surface area (Å²) in [6.45, 7) is 6.19. The second-order valence-electron chi connectivity index (χ2n) is 7.46. The predicted octanol–water partition coefficient (Wildman–Crippen LogP) is 3.39. The fourth-order valence-corrected chi connectivity index (χ4v) is 4.62. The van der Waals surface area contributed by atoms with Crippen molar-refractivity contribution >= 4 is 15.9 Å². The van der Waals surface area contributed by atoms with Gasteiger partial charge in [0, 0.05) is 38.9 Å². The monoisotopic (exact) mass is 431 g/mol. The van der Waals surface area contributed by atoms with Crippen LogP contribution >= 0.6 is 0 Å². The van der Waals surface area contributed by atoms with Crippen molar-refractivity contribution in [2.75, 3.05) is 38.5 Å². The zero-order valence-corrected chi connectivity index (χ0v) is 17.9. The summed E-state index contributed by atoms with van der Waals surface area (Å²) >= 11 is 0. The number of anilines is 1. The quantitative estimate of drug-likeness (QED) is 0.431. The van der Waals surface area contributed by atoms with Gasteiger partial charge in [0.2, 0.25) is 0 Å². The third kappa shape index (κ3) is 7.33. The number of rotatable bonds is 11. The molecule has 0 unspecified atom stereocenters. The van der Waals surface area contributed by atoms with E-state index in [0.29, 0.717) is 19.4 Å². The molecule has 1 N–H and O–H groups in total. The van der Waals surface area contributed by atoms with E-state index in [0.717, 1.165) is 44.5 Å². The van der Waals surface area contributed by atoms with Gasteiger partial charge in [0.05, 0.1) is 11.8 Å². The van der Waals surface area contributed by atoms with Crippen LogP contribution in [-0.4, -0.2) is 63.6 Å². The van der Waals surface area contributed by atoms with Crippen LogP contribution in [0.25, 0.3) is 0 Å². The van der Waals surface area contributed by atoms with Crippen molar-refractivity contribution in [3.63, 3.8) is 0 Å². The summed E-state index contributed by atoms with van der Waals surface area (Å²) in [6.07, 6.45) is 5.92. The van der Waals surface area contributed by atoms with Gasteiger partial charge in [0.15, 0.2) is 11.6 Å². The number of benzene rings is 1. The van der Waals surface area contributed by atoms with E-state index >= 15 is 0 Å². The van der Waals surface area contributed by atoms with Crippen LogP contribution in [0.1, 0.15) is 32.1 Å². The summed E-state index contributed by atoms with van der Waals surface area (Å²) in [6, 6.07) is 2.76. The van der Waals surface area contributed by atoms with Crippen molar-refractivity contribution in [3.8, 4) is 0 Å². The van der Waals surface area contributed by atoms with E-state index in [1.165, 1.54) is 17.4 Å². The van der Waals surface area contributed by atoms with Crippen LogP contribution in [0.3, 0.4) is 0 Å². The Bertz CT molecular complexity index is 768. The van der Waals surface area contributed by atoms with Gasteiger partial charge in [-0.25, -0.2) is 8.78 Å². The molecule has 6 nitrogen and oxygen atoms in total. The number of nitrogens with zero attached hydrogens (tertiary/aromatic N) is 2. The Kier molecular flexibility index (Phi) is 9.01. The minimum atomic E-state index is -3.86. The summed E-state index contributed by atoms with van der Waals surface area (Å²) < 4.78 is 61.0. The summed E-state index contributed by atoms with van der Waals surface area (Å²) in [4.78, 5) is 2.17. The molecule has 0 amide bonds. The zero-order chi connectivity index (χ0) is 21.4. The van der Waals surface area contributed by atoms with E-state index in [1.54, 1.807) is 0 Å². The maximum atomic E-state index is 13.3. The first-order chi connectivity index (χ1) is 13.7. The molecule has 0 spiro atoms. The number of nitrogens with one attached hydrogen (secondary N) is 1. The highest BCUT2D eigenvalue weighted by atomic mass is 32.2. The van der Waals surface area contributed by atoms with Crippen LogP contribution in [0.4, 0.5) is 14.5 Å². The summed E-state index contributed by atoms with van der Waals surface area (Å²) in [5, 5.41) is 0. The van der Waals surface area contributed by atoms with E-state index in [1.807, 2.05) is 13.1 Å². The van der Waals surface area contributed by atoms with Gasteiger partial charge in [0.1, 0.15) is 0 Å². The summed E-state index contributed by atoms with van der Waals surface area (Å²) in [7, 11) is -0.313. The van der Waals surface area contributed by atoms with E-state index in [-0.39, 0.29) is 17.8 Å². The third-order valence-electron chi connectivity index (χ3n) is 5.18. The molecule has 1 fully saturated rings. The maximum absolute atomic E-state index is 13.3. The molecule has 1 aromatic rings. The lowest BCUT2D eigenvalue weighted by atomic mass is 9.93. The second kappa shape index (κ2) is 11.0. The molecule has 1 aliphatic rings. The molecule has 0 saturated heterocycles. The topological polar surface area (TPSA) is 61.9 Å². The molecule has 2 rings (SSSR count). The number of hydrogen-bond acceptors (Lipinski definition) is 4. The molecule has 0 radical (unpaired) electrons. The van der Waals surface area contributed by atoms with Crippen LogP contribution in [0.5, 0.6) is 0 Å². The molecular formula is C20H31F2N3O3S. The molecule has 29 heavy (non-hydrogen) atoms. The Morgan fingerprint density at radius 1 is 1.21 bits per heavy atom. The predicted molar refractivity (Wildman–Crippen MR) is 111 cm³/mol. The molecular weight excluding hydrogens is 400 g/mol. The fraction of sp³-hybridized carbons (Fsp3) is 0.600. The molecule has 0 aromatic heterocycles. The first kappa shape index (κ1) is 23.7. The minimum absolute atomic E-state index is 0.00538. The largest absolute Gasteiger partial charge is 0.378 e. The summed E-state index contributed by atoms with van der Waals surface area (Å²) in [5.74, 6) is -2.12. The third-order valence-corrected chi connectivity index (χ3v) is 6.73. The highest BCUT2D eigenvalue weighted by Crippen LogP contribution is 2.27. The first-order valence-corrected chi connectivity index (χ1v) is 11.3. The lowest BCUT2D eigenvalue weighted by Gasteiger charge is -2.34. The Hall–Kier alpha value is -1.55. The molecule has 1 saturated carbocycles. The molecule has 0 aliphatic heterocycles. The van der Waals surface area contributed by atoms with Crippen LogP contribution in [0.2, 0.25) is 0 Å². The Labute approximate surface area is 172 Å². The van der Waals surface area contributed by atoms with Gasteiger partial charge in [-0.3, -0.25) is 4.72 Å². The fourth-order valence-electron chi connectivity index (χ4n) is 3.45. The molecule has 1 aromatic carbocycles. The van der Waals surface area contributed by atoms with Crippen molar-refractivity contribution in [2.24, 2.45) is 0 Å². The Morgan fingerprint density at radius 2 is 1.90 bits per heavy atom. The molecule has 0 atom stereocenters. The van der Waals surface area contributed by atoms with Gasteiger partial charge in [-0.15, -0.1) is 6.58 Å². The van der Waals surface area contributed by atoms with Crippen LogP contribution in [0.15, 0.2) is 30.9 Å². The molecule has 164 valence electrons. The van der Waals surface area contributed by atoms with Gasteiger partial charge < -0.3 is 9.64 Å². The molecule has 0 heterocycles. The highest BCUT2D eigenvalue weighted by Gasteiger charge is 2.31. The Balaban J connectivity index is 1.77. The second-order valence-corrected chi connectivity index (χ2v) is 9.19. The summed E-state index contributed by atoms with van der Waals surface area (Å²) in [5.41, 5.74) is -0.00538. The average molecular weight is 432 g/mol. The number of ether oxygens (including phenoxy) is 1. The van der Waals surface area contributed by atoms with Gasteiger partial charge in [-0.1, -0.05) is 6.08 Å². The van der Waals surface area contributed by atoms with Crippen molar-refractivity contribution < 1.29 is 21.9 Å². The van der Waals surface area contributed by atoms with Crippen LogP contribution in [0, 0.1) is 11.6 Å². The van der Waals surface area contributed by atoms with Crippen molar-refractivity contribution in [1.82, 2.24) is 9.21 Å². The smallest absolute Gasteiger partial charge is 0.301 e. The van der Waals surface area contributed by atoms with Crippen molar-refractivity contribution in [2.45, 2.75) is 44.2 Å². The van der Waals surface area contributed by atoms with Crippen molar-refractivity contribution in [1.29, 1.82) is 0 Å². The SMILES string of the molecule is C=CCN(C)CCCOC1CCC(N(C)S(=O)(=O)Nc2ccc(F)c(F)c2)CC1.